The van der Waals surface area contributed by atoms with E-state index in [2.05, 4.69) is 39.1 Å². The van der Waals surface area contributed by atoms with Crippen LogP contribution in [0.1, 0.15) is 32.7 Å². The molecule has 33 heavy (non-hydrogen) atoms. The SMILES string of the molecule is Cc1ccnc(NC(=O)c2ccc(C3=CNC4C=CC5(c6cn(C)nc6C)C[N+]345)cc2F)c1. The van der Waals surface area contributed by atoms with Gasteiger partial charge in [0.2, 0.25) is 5.54 Å². The fraction of sp³-hybridized carbons (Fsp3) is 0.240. The topological polar surface area (TPSA) is 71.8 Å². The summed E-state index contributed by atoms with van der Waals surface area (Å²) in [5.41, 5.74) is 4.74. The number of anilines is 1. The Morgan fingerprint density at radius 2 is 2.15 bits per heavy atom. The van der Waals surface area contributed by atoms with Gasteiger partial charge in [0.25, 0.3) is 5.91 Å². The number of benzene rings is 1. The Hall–Kier alpha value is -3.78. The number of rotatable bonds is 4. The number of hydrogen-bond acceptors (Lipinski definition) is 4. The predicted molar refractivity (Wildman–Crippen MR) is 122 cm³/mol. The number of pyridine rings is 1. The summed E-state index contributed by atoms with van der Waals surface area (Å²) in [6.45, 7) is 4.83. The van der Waals surface area contributed by atoms with Crippen molar-refractivity contribution >= 4 is 17.4 Å². The number of halogens is 1. The Morgan fingerprint density at radius 1 is 1.30 bits per heavy atom. The van der Waals surface area contributed by atoms with E-state index in [-0.39, 0.29) is 17.3 Å². The maximum absolute atomic E-state index is 15.1. The van der Waals surface area contributed by atoms with Gasteiger partial charge in [-0.1, -0.05) is 0 Å². The van der Waals surface area contributed by atoms with E-state index in [1.165, 1.54) is 11.6 Å². The van der Waals surface area contributed by atoms with Gasteiger partial charge in [-0.2, -0.15) is 5.10 Å². The van der Waals surface area contributed by atoms with Crippen LogP contribution < -0.4 is 10.6 Å². The fourth-order valence-electron chi connectivity index (χ4n) is 5.56. The zero-order valence-electron chi connectivity index (χ0n) is 18.6. The van der Waals surface area contributed by atoms with Crippen LogP contribution in [0.4, 0.5) is 10.2 Å². The molecule has 0 radical (unpaired) electrons. The number of aryl methyl sites for hydroxylation is 3. The van der Waals surface area contributed by atoms with Gasteiger partial charge in [-0.3, -0.25) is 9.48 Å². The molecule has 3 aliphatic rings. The van der Waals surface area contributed by atoms with Gasteiger partial charge in [-0.05, 0) is 61.9 Å². The lowest BCUT2D eigenvalue weighted by atomic mass is 9.99. The molecule has 6 rings (SSSR count). The monoisotopic (exact) mass is 443 g/mol. The second kappa shape index (κ2) is 6.62. The van der Waals surface area contributed by atoms with E-state index >= 15 is 4.39 Å². The number of carbonyl (C=O) groups is 1. The van der Waals surface area contributed by atoms with Crippen molar-refractivity contribution in [2.75, 3.05) is 11.9 Å². The summed E-state index contributed by atoms with van der Waals surface area (Å²) in [4.78, 5) is 16.8. The maximum Gasteiger partial charge on any atom is 0.259 e. The van der Waals surface area contributed by atoms with Gasteiger partial charge in [0.15, 0.2) is 18.4 Å². The third-order valence-corrected chi connectivity index (χ3v) is 7.10. The van der Waals surface area contributed by atoms with Gasteiger partial charge in [-0.15, -0.1) is 0 Å². The first-order chi connectivity index (χ1) is 15.8. The van der Waals surface area contributed by atoms with E-state index in [0.29, 0.717) is 10.3 Å². The van der Waals surface area contributed by atoms with E-state index in [1.54, 1.807) is 18.3 Å². The van der Waals surface area contributed by atoms with Gasteiger partial charge in [0.1, 0.15) is 11.6 Å². The number of aromatic nitrogens is 3. The molecule has 3 unspecified atom stereocenters. The molecule has 2 N–H and O–H groups in total. The van der Waals surface area contributed by atoms with Gasteiger partial charge >= 0.3 is 0 Å². The summed E-state index contributed by atoms with van der Waals surface area (Å²) in [6.07, 6.45) is 10.2. The van der Waals surface area contributed by atoms with Gasteiger partial charge in [-0.25, -0.2) is 13.9 Å². The molecule has 1 spiro atoms. The Labute approximate surface area is 190 Å². The van der Waals surface area contributed by atoms with Crippen LogP contribution in [0.5, 0.6) is 0 Å². The van der Waals surface area contributed by atoms with Crippen LogP contribution in [-0.4, -0.2) is 37.9 Å². The summed E-state index contributed by atoms with van der Waals surface area (Å²) in [5.74, 6) is -0.677. The average Bonchev–Trinajstić information content (AvgIpc) is 3.00. The Kier molecular flexibility index (Phi) is 3.98. The van der Waals surface area contributed by atoms with Crippen molar-refractivity contribution in [3.63, 3.8) is 0 Å². The first-order valence-electron chi connectivity index (χ1n) is 10.9. The second-order valence-corrected chi connectivity index (χ2v) is 9.12. The van der Waals surface area contributed by atoms with Crippen LogP contribution in [0.3, 0.4) is 0 Å². The highest BCUT2D eigenvalue weighted by atomic mass is 19.1. The molecule has 3 aromatic rings. The highest BCUT2D eigenvalue weighted by Gasteiger charge is 2.79. The lowest BCUT2D eigenvalue weighted by Crippen LogP contribution is -2.38. The first kappa shape index (κ1) is 19.9. The smallest absolute Gasteiger partial charge is 0.259 e. The van der Waals surface area contributed by atoms with Crippen molar-refractivity contribution in [2.45, 2.75) is 25.6 Å². The number of nitrogens with zero attached hydrogens (tertiary/aromatic N) is 4. The second-order valence-electron chi connectivity index (χ2n) is 9.12. The number of amides is 1. The van der Waals surface area contributed by atoms with Crippen molar-refractivity contribution in [3.8, 4) is 0 Å². The Balaban J connectivity index is 1.31. The summed E-state index contributed by atoms with van der Waals surface area (Å²) >= 11 is 0. The summed E-state index contributed by atoms with van der Waals surface area (Å²) in [6, 6.07) is 8.41. The van der Waals surface area contributed by atoms with Crippen LogP contribution >= 0.6 is 0 Å². The number of hydrogen-bond donors (Lipinski definition) is 2. The number of carbonyl (C=O) groups excluding carboxylic acids is 1. The van der Waals surface area contributed by atoms with Crippen LogP contribution in [0, 0.1) is 19.7 Å². The standard InChI is InChI=1S/C25H23FN6O/c1-15-7-9-27-22(10-15)29-24(33)18-5-4-17(11-20(18)26)21-12-28-23-6-8-25(14-32(21,23)25)19-13-31(3)30-16(19)2/h4-13,23H,14H2,1-3H3,(H-,27,28,29,33)/p+1. The first-order valence-corrected chi connectivity index (χ1v) is 10.9. The minimum Gasteiger partial charge on any atom is -0.334 e. The van der Waals surface area contributed by atoms with Crippen molar-refractivity contribution in [1.29, 1.82) is 0 Å². The van der Waals surface area contributed by atoms with Crippen LogP contribution in [0.15, 0.2) is 61.1 Å². The molecule has 0 saturated carbocycles. The summed E-state index contributed by atoms with van der Waals surface area (Å²) in [7, 11) is 1.93. The molecule has 1 amide bonds. The predicted octanol–water partition coefficient (Wildman–Crippen LogP) is 3.35. The zero-order chi connectivity index (χ0) is 23.0. The van der Waals surface area contributed by atoms with Crippen molar-refractivity contribution in [1.82, 2.24) is 20.1 Å². The molecular formula is C25H24FN6O+. The molecule has 1 aromatic carbocycles. The van der Waals surface area contributed by atoms with E-state index in [0.717, 1.165) is 29.1 Å². The molecule has 8 heteroatoms. The quantitative estimate of drug-likeness (QED) is 0.369. The third kappa shape index (κ3) is 2.67. The lowest BCUT2D eigenvalue weighted by molar-refractivity contribution is -0.766. The number of nitrogens with one attached hydrogen (secondary N) is 2. The minimum atomic E-state index is -0.558. The van der Waals surface area contributed by atoms with Crippen molar-refractivity contribution in [3.05, 3.63) is 94.8 Å². The van der Waals surface area contributed by atoms with Gasteiger partial charge in [0, 0.05) is 25.0 Å². The third-order valence-electron chi connectivity index (χ3n) is 7.10. The van der Waals surface area contributed by atoms with E-state index in [9.17, 15) is 4.79 Å². The van der Waals surface area contributed by atoms with Crippen LogP contribution in [0.25, 0.3) is 5.70 Å². The van der Waals surface area contributed by atoms with E-state index in [1.807, 2.05) is 43.9 Å². The molecule has 7 nitrogen and oxygen atoms in total. The Bertz CT molecular complexity index is 1390. The molecule has 3 aliphatic heterocycles. The maximum atomic E-state index is 15.1. The molecule has 2 aromatic heterocycles. The lowest BCUT2D eigenvalue weighted by Gasteiger charge is -2.23. The molecule has 0 aliphatic carbocycles. The molecule has 0 bridgehead atoms. The molecule has 1 saturated heterocycles. The molecular weight excluding hydrogens is 419 g/mol. The zero-order valence-corrected chi connectivity index (χ0v) is 18.6. The minimum absolute atomic E-state index is 0.00938. The largest absolute Gasteiger partial charge is 0.334 e. The summed E-state index contributed by atoms with van der Waals surface area (Å²) in [5, 5.41) is 10.7. The normalized spacial score (nSPS) is 26.4. The molecule has 1 fully saturated rings. The van der Waals surface area contributed by atoms with Crippen LogP contribution in [-0.2, 0) is 12.6 Å². The van der Waals surface area contributed by atoms with Crippen LogP contribution in [0.2, 0.25) is 0 Å². The van der Waals surface area contributed by atoms with Gasteiger partial charge in [0.05, 0.1) is 23.0 Å². The fourth-order valence-corrected chi connectivity index (χ4v) is 5.56. The molecule has 3 atom stereocenters. The summed E-state index contributed by atoms with van der Waals surface area (Å²) < 4.78 is 17.7. The average molecular weight is 444 g/mol. The van der Waals surface area contributed by atoms with Crippen molar-refractivity contribution < 1.29 is 13.7 Å². The highest BCUT2D eigenvalue weighted by molar-refractivity contribution is 6.04. The molecule has 166 valence electrons. The van der Waals surface area contributed by atoms with Crippen molar-refractivity contribution in [2.24, 2.45) is 7.05 Å². The number of quaternary nitrogens is 1. The van der Waals surface area contributed by atoms with E-state index in [4.69, 9.17) is 0 Å². The van der Waals surface area contributed by atoms with E-state index < -0.39 is 11.7 Å². The molecule has 5 heterocycles. The van der Waals surface area contributed by atoms with Gasteiger partial charge < -0.3 is 10.6 Å². The Morgan fingerprint density at radius 3 is 2.88 bits per heavy atom. The highest BCUT2D eigenvalue weighted by Crippen LogP contribution is 2.65.